The van der Waals surface area contributed by atoms with Crippen LogP contribution in [-0.4, -0.2) is 66.4 Å². The van der Waals surface area contributed by atoms with Gasteiger partial charge in [-0.15, -0.1) is 0 Å². The van der Waals surface area contributed by atoms with Crippen molar-refractivity contribution in [1.29, 1.82) is 0 Å². The highest BCUT2D eigenvalue weighted by Gasteiger charge is 2.35. The molecule has 188 valence electrons. The van der Waals surface area contributed by atoms with Crippen LogP contribution in [0.5, 0.6) is 0 Å². The Labute approximate surface area is 204 Å². The zero-order valence-corrected chi connectivity index (χ0v) is 19.3. The van der Waals surface area contributed by atoms with Gasteiger partial charge in [-0.05, 0) is 18.2 Å². The highest BCUT2D eigenvalue weighted by molar-refractivity contribution is 6.06. The van der Waals surface area contributed by atoms with E-state index < -0.39 is 11.8 Å². The molecule has 0 atom stereocenters. The molecule has 3 aromatic heterocycles. The van der Waals surface area contributed by atoms with Crippen LogP contribution < -0.4 is 15.1 Å². The fourth-order valence-electron chi connectivity index (χ4n) is 4.46. The Morgan fingerprint density at radius 2 is 1.86 bits per heavy atom. The fourth-order valence-corrected chi connectivity index (χ4v) is 4.46. The third-order valence-corrected chi connectivity index (χ3v) is 6.47. The lowest BCUT2D eigenvalue weighted by Gasteiger charge is -2.34. The monoisotopic (exact) mass is 498 g/mol. The molecule has 0 saturated carbocycles. The number of hydrogen-bond acceptors (Lipinski definition) is 8. The molecule has 1 amide bonds. The molecule has 2 aliphatic rings. The van der Waals surface area contributed by atoms with Crippen LogP contribution in [0.25, 0.3) is 22.4 Å². The molecule has 0 unspecified atom stereocenters. The maximum atomic E-state index is 13.8. The Hall–Kier alpha value is -3.93. The van der Waals surface area contributed by atoms with E-state index in [1.54, 1.807) is 36.7 Å². The Bertz CT molecular complexity index is 1370. The summed E-state index contributed by atoms with van der Waals surface area (Å²) in [6.45, 7) is 2.78. The van der Waals surface area contributed by atoms with E-state index in [1.165, 1.54) is 0 Å². The van der Waals surface area contributed by atoms with E-state index >= 15 is 0 Å². The number of benzene rings is 1. The molecule has 2 aliphatic heterocycles. The van der Waals surface area contributed by atoms with Gasteiger partial charge in [0.15, 0.2) is 11.3 Å². The minimum absolute atomic E-state index is 0.106. The Balaban J connectivity index is 1.32. The predicted octanol–water partition coefficient (Wildman–Crippen LogP) is 4.14. The molecule has 2 saturated heterocycles. The molecule has 5 heterocycles. The largest absolute Gasteiger partial charge is 0.451 e. The van der Waals surface area contributed by atoms with Crippen molar-refractivity contribution in [2.24, 2.45) is 0 Å². The summed E-state index contributed by atoms with van der Waals surface area (Å²) >= 11 is 0. The minimum Gasteiger partial charge on any atom is -0.451 e. The number of furan rings is 1. The van der Waals surface area contributed by atoms with Gasteiger partial charge in [0.2, 0.25) is 0 Å². The average molecular weight is 498 g/mol. The van der Waals surface area contributed by atoms with Crippen molar-refractivity contribution >= 4 is 34.4 Å². The van der Waals surface area contributed by atoms with E-state index in [0.717, 1.165) is 0 Å². The third-order valence-electron chi connectivity index (χ3n) is 6.47. The predicted molar refractivity (Wildman–Crippen MR) is 128 cm³/mol. The average Bonchev–Trinajstić information content (AvgIpc) is 3.64. The van der Waals surface area contributed by atoms with Gasteiger partial charge in [0, 0.05) is 51.3 Å². The number of morpholine rings is 1. The van der Waals surface area contributed by atoms with E-state index in [4.69, 9.17) is 13.6 Å². The fraction of sp³-hybridized carbons (Fsp3) is 0.375. The maximum Gasteiger partial charge on any atom is 0.298 e. The van der Waals surface area contributed by atoms with Crippen molar-refractivity contribution in [3.63, 3.8) is 0 Å². The first-order valence-corrected chi connectivity index (χ1v) is 11.8. The van der Waals surface area contributed by atoms with Gasteiger partial charge in [-0.25, -0.2) is 8.78 Å². The summed E-state index contributed by atoms with van der Waals surface area (Å²) in [5.41, 5.74) is 2.82. The molecule has 0 radical (unpaired) electrons. The number of aromatic nitrogens is 3. The molecule has 10 nitrogen and oxygen atoms in total. The van der Waals surface area contributed by atoms with E-state index in [9.17, 15) is 13.6 Å². The number of nitrogens with one attached hydrogen (secondary N) is 2. The lowest BCUT2D eigenvalue weighted by Crippen LogP contribution is -2.39. The van der Waals surface area contributed by atoms with Gasteiger partial charge in [0.1, 0.15) is 11.3 Å². The number of oxazole rings is 1. The number of hydrogen-bond donors (Lipinski definition) is 2. The van der Waals surface area contributed by atoms with Gasteiger partial charge in [-0.3, -0.25) is 9.89 Å². The number of fused-ring (bicyclic) bond motifs is 1. The molecule has 2 N–H and O–H groups in total. The number of carbonyl (C=O) groups excluding carboxylic acids is 1. The van der Waals surface area contributed by atoms with E-state index in [2.05, 4.69) is 20.5 Å². The number of aromatic amines is 1. The highest BCUT2D eigenvalue weighted by Crippen LogP contribution is 2.38. The molecular formula is C24H24F2N6O4. The summed E-state index contributed by atoms with van der Waals surface area (Å²) in [7, 11) is 0. The first-order valence-electron chi connectivity index (χ1n) is 11.8. The van der Waals surface area contributed by atoms with Crippen LogP contribution in [-0.2, 0) is 4.74 Å². The van der Waals surface area contributed by atoms with Crippen LogP contribution in [0.1, 0.15) is 23.4 Å². The number of carbonyl (C=O) groups is 1. The van der Waals surface area contributed by atoms with Crippen molar-refractivity contribution < 1.29 is 27.1 Å². The topological polar surface area (TPSA) is 113 Å². The standard InChI is InChI=1S/C24H24F2N6O4/c25-24(26)3-5-31(6-4-24)18-11-17-21(36-23(30-17)32-7-9-34-10-8-32)12-16(18)29-22(33)20-2-1-19(35-20)15-13-27-28-14-15/h1-2,11-14H,3-10H2,(H,27,28)(H,29,33). The van der Waals surface area contributed by atoms with Crippen molar-refractivity contribution in [2.45, 2.75) is 18.8 Å². The second-order valence-corrected chi connectivity index (χ2v) is 8.88. The number of H-pyrrole nitrogens is 1. The van der Waals surface area contributed by atoms with Crippen LogP contribution in [0.15, 0.2) is 45.5 Å². The summed E-state index contributed by atoms with van der Waals surface area (Å²) in [5, 5.41) is 9.47. The second kappa shape index (κ2) is 8.94. The molecule has 1 aromatic carbocycles. The van der Waals surface area contributed by atoms with Crippen LogP contribution in [0.2, 0.25) is 0 Å². The van der Waals surface area contributed by atoms with Crippen LogP contribution >= 0.6 is 0 Å². The number of anilines is 3. The first kappa shape index (κ1) is 22.5. The number of amides is 1. The second-order valence-electron chi connectivity index (χ2n) is 8.88. The van der Waals surface area contributed by atoms with Gasteiger partial charge in [-0.2, -0.15) is 10.1 Å². The smallest absolute Gasteiger partial charge is 0.298 e. The molecule has 0 aliphatic carbocycles. The molecule has 4 aromatic rings. The number of alkyl halides is 2. The number of ether oxygens (including phenoxy) is 1. The lowest BCUT2D eigenvalue weighted by atomic mass is 10.1. The summed E-state index contributed by atoms with van der Waals surface area (Å²) in [5.74, 6) is -2.57. The van der Waals surface area contributed by atoms with Crippen LogP contribution in [0.3, 0.4) is 0 Å². The van der Waals surface area contributed by atoms with E-state index in [0.29, 0.717) is 66.1 Å². The molecule has 36 heavy (non-hydrogen) atoms. The number of nitrogens with zero attached hydrogens (tertiary/aromatic N) is 4. The third kappa shape index (κ3) is 4.39. The minimum atomic E-state index is -2.70. The Morgan fingerprint density at radius 3 is 2.61 bits per heavy atom. The highest BCUT2D eigenvalue weighted by atomic mass is 19.3. The first-order chi connectivity index (χ1) is 17.4. The Kier molecular flexibility index (Phi) is 5.59. The summed E-state index contributed by atoms with van der Waals surface area (Å²) < 4.78 is 44.8. The van der Waals surface area contributed by atoms with Crippen molar-refractivity contribution in [3.05, 3.63) is 42.4 Å². The summed E-state index contributed by atoms with van der Waals surface area (Å²) in [6.07, 6.45) is 2.73. The number of rotatable bonds is 5. The van der Waals surface area contributed by atoms with Gasteiger partial charge >= 0.3 is 0 Å². The van der Waals surface area contributed by atoms with Gasteiger partial charge in [0.05, 0.1) is 36.3 Å². The van der Waals surface area contributed by atoms with Gasteiger partial charge < -0.3 is 28.7 Å². The lowest BCUT2D eigenvalue weighted by molar-refractivity contribution is -0.0220. The molecule has 2 fully saturated rings. The van der Waals surface area contributed by atoms with Gasteiger partial charge in [0.25, 0.3) is 17.8 Å². The molecule has 0 spiro atoms. The molecule has 6 rings (SSSR count). The van der Waals surface area contributed by atoms with Crippen molar-refractivity contribution in [3.8, 4) is 11.3 Å². The maximum absolute atomic E-state index is 13.8. The normalized spacial score (nSPS) is 18.1. The molecule has 0 bridgehead atoms. The summed E-state index contributed by atoms with van der Waals surface area (Å²) in [4.78, 5) is 21.5. The van der Waals surface area contributed by atoms with E-state index in [1.807, 2.05) is 9.80 Å². The van der Waals surface area contributed by atoms with E-state index in [-0.39, 0.29) is 31.7 Å². The number of halogens is 2. The SMILES string of the molecule is O=C(Nc1cc2oc(N3CCOCC3)nc2cc1N1CCC(F)(F)CC1)c1ccc(-c2cn[nH]c2)o1. The summed E-state index contributed by atoms with van der Waals surface area (Å²) in [6, 6.07) is 7.18. The zero-order chi connectivity index (χ0) is 24.7. The molecule has 12 heteroatoms. The van der Waals surface area contributed by atoms with Crippen LogP contribution in [0.4, 0.5) is 26.2 Å². The van der Waals surface area contributed by atoms with Gasteiger partial charge in [-0.1, -0.05) is 0 Å². The zero-order valence-electron chi connectivity index (χ0n) is 19.3. The molecular weight excluding hydrogens is 474 g/mol. The number of piperidine rings is 1. The Morgan fingerprint density at radius 1 is 1.06 bits per heavy atom. The van der Waals surface area contributed by atoms with Crippen molar-refractivity contribution in [2.75, 3.05) is 54.5 Å². The van der Waals surface area contributed by atoms with Crippen molar-refractivity contribution in [1.82, 2.24) is 15.2 Å². The van der Waals surface area contributed by atoms with Crippen LogP contribution in [0, 0.1) is 0 Å². The quantitative estimate of drug-likeness (QED) is 0.422.